The molecule has 1 saturated heterocycles. The summed E-state index contributed by atoms with van der Waals surface area (Å²) in [6.07, 6.45) is 0.892. The molecule has 72 valence electrons. The molecule has 1 aliphatic rings. The maximum absolute atomic E-state index is 11.5. The van der Waals surface area contributed by atoms with Crippen LogP contribution in [-0.4, -0.2) is 30.0 Å². The molecule has 0 aromatic heterocycles. The Labute approximate surface area is 76.9 Å². The molecule has 0 spiro atoms. The Hall–Kier alpha value is -1.19. The zero-order valence-corrected chi connectivity index (χ0v) is 8.03. The van der Waals surface area contributed by atoms with Crippen molar-refractivity contribution in [2.24, 2.45) is 11.3 Å². The molecule has 0 aliphatic carbocycles. The van der Waals surface area contributed by atoms with Crippen molar-refractivity contribution in [1.82, 2.24) is 4.90 Å². The zero-order valence-electron chi connectivity index (χ0n) is 8.03. The lowest BCUT2D eigenvalue weighted by atomic mass is 9.79. The molecule has 0 radical (unpaired) electrons. The van der Waals surface area contributed by atoms with Gasteiger partial charge in [0.1, 0.15) is 6.29 Å². The van der Waals surface area contributed by atoms with Gasteiger partial charge in [-0.3, -0.25) is 14.5 Å². The van der Waals surface area contributed by atoms with E-state index in [0.717, 1.165) is 11.2 Å². The van der Waals surface area contributed by atoms with Gasteiger partial charge in [0.2, 0.25) is 11.8 Å². The Balaban J connectivity index is 2.92. The molecule has 4 nitrogen and oxygen atoms in total. The molecule has 1 rings (SSSR count). The number of likely N-dealkylation sites (tertiary alicyclic amines) is 1. The minimum Gasteiger partial charge on any atom is -0.303 e. The Kier molecular flexibility index (Phi) is 2.24. The third-order valence-corrected chi connectivity index (χ3v) is 2.58. The molecule has 1 fully saturated rings. The van der Waals surface area contributed by atoms with Crippen LogP contribution in [0.25, 0.3) is 0 Å². The van der Waals surface area contributed by atoms with E-state index < -0.39 is 11.3 Å². The van der Waals surface area contributed by atoms with Crippen molar-refractivity contribution >= 4 is 18.1 Å². The maximum atomic E-state index is 11.5. The van der Waals surface area contributed by atoms with E-state index in [1.807, 2.05) is 0 Å². The predicted molar refractivity (Wildman–Crippen MR) is 45.7 cm³/mol. The van der Waals surface area contributed by atoms with Gasteiger partial charge in [0.15, 0.2) is 0 Å². The number of rotatable bonds is 2. The van der Waals surface area contributed by atoms with Crippen molar-refractivity contribution in [3.63, 3.8) is 0 Å². The summed E-state index contributed by atoms with van der Waals surface area (Å²) >= 11 is 0. The number of hydrogen-bond donors (Lipinski definition) is 0. The number of amides is 2. The van der Waals surface area contributed by atoms with Gasteiger partial charge in [-0.1, -0.05) is 13.8 Å². The molecule has 0 aromatic carbocycles. The summed E-state index contributed by atoms with van der Waals surface area (Å²) in [5, 5.41) is 0. The molecule has 0 saturated carbocycles. The van der Waals surface area contributed by atoms with E-state index >= 15 is 0 Å². The van der Waals surface area contributed by atoms with Crippen LogP contribution in [0.1, 0.15) is 20.3 Å². The van der Waals surface area contributed by atoms with Crippen LogP contribution in [0.4, 0.5) is 0 Å². The molecular weight excluding hydrogens is 170 g/mol. The minimum absolute atomic E-state index is 0.154. The summed E-state index contributed by atoms with van der Waals surface area (Å²) in [5.74, 6) is -0.936. The average molecular weight is 183 g/mol. The van der Waals surface area contributed by atoms with Crippen LogP contribution < -0.4 is 0 Å². The van der Waals surface area contributed by atoms with Crippen molar-refractivity contribution in [3.05, 3.63) is 0 Å². The Morgan fingerprint density at radius 3 is 2.31 bits per heavy atom. The summed E-state index contributed by atoms with van der Waals surface area (Å²) in [7, 11) is 1.45. The number of carbonyl (C=O) groups is 3. The van der Waals surface area contributed by atoms with Gasteiger partial charge in [-0.2, -0.15) is 0 Å². The van der Waals surface area contributed by atoms with Gasteiger partial charge in [0.05, 0.1) is 5.92 Å². The molecule has 0 bridgehead atoms. The number of nitrogens with zero attached hydrogens (tertiary/aromatic N) is 1. The predicted octanol–water partition coefficient (Wildman–Crippen LogP) is 0.216. The smallest absolute Gasteiger partial charge is 0.233 e. The second-order valence-corrected chi connectivity index (χ2v) is 3.99. The first-order chi connectivity index (χ1) is 5.90. The topological polar surface area (TPSA) is 54.5 Å². The SMILES string of the molecule is CN1C(=O)CC(C(C)(C)C=O)C1=O. The second kappa shape index (κ2) is 2.94. The molecule has 4 heteroatoms. The fourth-order valence-corrected chi connectivity index (χ4v) is 1.42. The molecule has 13 heavy (non-hydrogen) atoms. The molecule has 1 atom stereocenters. The van der Waals surface area contributed by atoms with Crippen LogP contribution in [0.3, 0.4) is 0 Å². The van der Waals surface area contributed by atoms with Crippen molar-refractivity contribution in [1.29, 1.82) is 0 Å². The Morgan fingerprint density at radius 2 is 2.00 bits per heavy atom. The van der Waals surface area contributed by atoms with E-state index in [0.29, 0.717) is 0 Å². The Morgan fingerprint density at radius 1 is 1.46 bits per heavy atom. The highest BCUT2D eigenvalue weighted by Crippen LogP contribution is 2.33. The molecule has 0 N–H and O–H groups in total. The summed E-state index contributed by atoms with van der Waals surface area (Å²) < 4.78 is 0. The molecule has 1 unspecified atom stereocenters. The van der Waals surface area contributed by atoms with Crippen LogP contribution in [0.15, 0.2) is 0 Å². The third kappa shape index (κ3) is 1.48. The summed E-state index contributed by atoms with van der Waals surface area (Å²) in [6, 6.07) is 0. The molecule has 2 amide bonds. The van der Waals surface area contributed by atoms with Crippen molar-refractivity contribution in [2.75, 3.05) is 7.05 Å². The van der Waals surface area contributed by atoms with Gasteiger partial charge in [-0.05, 0) is 0 Å². The normalized spacial score (nSPS) is 23.9. The molecule has 1 aliphatic heterocycles. The van der Waals surface area contributed by atoms with Crippen LogP contribution in [0, 0.1) is 11.3 Å². The maximum Gasteiger partial charge on any atom is 0.233 e. The number of aldehydes is 1. The lowest BCUT2D eigenvalue weighted by Gasteiger charge is -2.22. The third-order valence-electron chi connectivity index (χ3n) is 2.58. The van der Waals surface area contributed by atoms with E-state index in [1.54, 1.807) is 13.8 Å². The first-order valence-electron chi connectivity index (χ1n) is 4.17. The van der Waals surface area contributed by atoms with Crippen LogP contribution >= 0.6 is 0 Å². The first-order valence-corrected chi connectivity index (χ1v) is 4.17. The number of hydrogen-bond acceptors (Lipinski definition) is 3. The van der Waals surface area contributed by atoms with Gasteiger partial charge in [0.25, 0.3) is 0 Å². The van der Waals surface area contributed by atoms with E-state index in [-0.39, 0.29) is 18.2 Å². The van der Waals surface area contributed by atoms with Crippen molar-refractivity contribution in [2.45, 2.75) is 20.3 Å². The molecule has 0 aromatic rings. The van der Waals surface area contributed by atoms with Gasteiger partial charge >= 0.3 is 0 Å². The van der Waals surface area contributed by atoms with E-state index in [1.165, 1.54) is 7.05 Å². The minimum atomic E-state index is -0.739. The average Bonchev–Trinajstić information content (AvgIpc) is 2.33. The lowest BCUT2D eigenvalue weighted by molar-refractivity contribution is -0.140. The summed E-state index contributed by atoms with van der Waals surface area (Å²) in [5.41, 5.74) is -0.739. The number of carbonyl (C=O) groups excluding carboxylic acids is 3. The van der Waals surface area contributed by atoms with E-state index in [2.05, 4.69) is 0 Å². The zero-order chi connectivity index (χ0) is 10.2. The highest BCUT2D eigenvalue weighted by atomic mass is 16.2. The fourth-order valence-electron chi connectivity index (χ4n) is 1.42. The Bertz CT molecular complexity index is 270. The summed E-state index contributed by atoms with van der Waals surface area (Å²) in [6.45, 7) is 3.35. The van der Waals surface area contributed by atoms with Crippen molar-refractivity contribution in [3.8, 4) is 0 Å². The monoisotopic (exact) mass is 183 g/mol. The van der Waals surface area contributed by atoms with Crippen LogP contribution in [-0.2, 0) is 14.4 Å². The van der Waals surface area contributed by atoms with Gasteiger partial charge in [0, 0.05) is 18.9 Å². The van der Waals surface area contributed by atoms with Crippen molar-refractivity contribution < 1.29 is 14.4 Å². The standard InChI is InChI=1S/C9H13NO3/c1-9(2,5-11)6-4-7(12)10(3)8(6)13/h5-6H,4H2,1-3H3. The highest BCUT2D eigenvalue weighted by molar-refractivity contribution is 6.04. The van der Waals surface area contributed by atoms with E-state index in [4.69, 9.17) is 0 Å². The molecular formula is C9H13NO3. The quantitative estimate of drug-likeness (QED) is 0.454. The second-order valence-electron chi connectivity index (χ2n) is 3.99. The number of imide groups is 1. The summed E-state index contributed by atoms with van der Waals surface area (Å²) in [4.78, 5) is 34.4. The van der Waals surface area contributed by atoms with Crippen LogP contribution in [0.2, 0.25) is 0 Å². The van der Waals surface area contributed by atoms with Gasteiger partial charge < -0.3 is 4.79 Å². The fraction of sp³-hybridized carbons (Fsp3) is 0.667. The van der Waals surface area contributed by atoms with Crippen LogP contribution in [0.5, 0.6) is 0 Å². The first kappa shape index (κ1) is 9.89. The van der Waals surface area contributed by atoms with Gasteiger partial charge in [-0.25, -0.2) is 0 Å². The van der Waals surface area contributed by atoms with Gasteiger partial charge in [-0.15, -0.1) is 0 Å². The van der Waals surface area contributed by atoms with E-state index in [9.17, 15) is 14.4 Å². The molecule has 1 heterocycles. The largest absolute Gasteiger partial charge is 0.303 e. The highest BCUT2D eigenvalue weighted by Gasteiger charge is 2.44. The lowest BCUT2D eigenvalue weighted by Crippen LogP contribution is -2.33.